The number of hydrogen-bond acceptors (Lipinski definition) is 3. The zero-order chi connectivity index (χ0) is 13.7. The number of piperidine rings is 1. The number of nitrogens with zero attached hydrogens (tertiary/aromatic N) is 1. The molecule has 2 aliphatic rings. The van der Waals surface area contributed by atoms with Crippen molar-refractivity contribution in [2.24, 2.45) is 11.8 Å². The Kier molecular flexibility index (Phi) is 5.19. The van der Waals surface area contributed by atoms with Crippen LogP contribution in [0, 0.1) is 11.8 Å². The highest BCUT2D eigenvalue weighted by atomic mass is 16.5. The van der Waals surface area contributed by atoms with Gasteiger partial charge in [0, 0.05) is 32.7 Å². The predicted octanol–water partition coefficient (Wildman–Crippen LogP) is 1.52. The van der Waals surface area contributed by atoms with Crippen LogP contribution < -0.4 is 0 Å². The Bertz CT molecular complexity index is 325. The van der Waals surface area contributed by atoms with Crippen molar-refractivity contribution >= 4 is 11.9 Å². The predicted molar refractivity (Wildman–Crippen MR) is 69.7 cm³/mol. The highest BCUT2D eigenvalue weighted by Gasteiger charge is 2.28. The molecule has 2 saturated heterocycles. The Morgan fingerprint density at radius 3 is 2.63 bits per heavy atom. The number of carbonyl (C=O) groups is 2. The van der Waals surface area contributed by atoms with Gasteiger partial charge in [0.2, 0.25) is 5.91 Å². The molecule has 2 rings (SSSR count). The van der Waals surface area contributed by atoms with Crippen molar-refractivity contribution in [3.05, 3.63) is 0 Å². The summed E-state index contributed by atoms with van der Waals surface area (Å²) >= 11 is 0. The summed E-state index contributed by atoms with van der Waals surface area (Å²) in [5.41, 5.74) is 0. The molecule has 2 fully saturated rings. The van der Waals surface area contributed by atoms with E-state index in [0.717, 1.165) is 45.4 Å². The highest BCUT2D eigenvalue weighted by molar-refractivity contribution is 5.78. The van der Waals surface area contributed by atoms with E-state index >= 15 is 0 Å². The number of carboxylic acid groups (broad SMARTS) is 1. The van der Waals surface area contributed by atoms with Gasteiger partial charge in [-0.25, -0.2) is 0 Å². The van der Waals surface area contributed by atoms with E-state index in [0.29, 0.717) is 25.3 Å². The molecule has 0 bridgehead atoms. The zero-order valence-electron chi connectivity index (χ0n) is 11.3. The van der Waals surface area contributed by atoms with Gasteiger partial charge in [-0.2, -0.15) is 0 Å². The molecule has 5 nitrogen and oxygen atoms in total. The summed E-state index contributed by atoms with van der Waals surface area (Å²) in [7, 11) is 0. The number of amides is 1. The van der Waals surface area contributed by atoms with Crippen LogP contribution >= 0.6 is 0 Å². The molecular weight excluding hydrogens is 246 g/mol. The van der Waals surface area contributed by atoms with Gasteiger partial charge in [-0.1, -0.05) is 0 Å². The standard InChI is InChI=1S/C14H23NO4/c16-13(4-3-11-5-8-19-9-6-11)15-7-1-2-12(10-15)14(17)18/h11-12H,1-10H2,(H,17,18). The summed E-state index contributed by atoms with van der Waals surface area (Å²) in [5, 5.41) is 9.02. The maximum absolute atomic E-state index is 12.1. The van der Waals surface area contributed by atoms with Crippen LogP contribution in [0.5, 0.6) is 0 Å². The fourth-order valence-electron chi connectivity index (χ4n) is 2.93. The normalized spacial score (nSPS) is 25.3. The van der Waals surface area contributed by atoms with E-state index in [2.05, 4.69) is 0 Å². The minimum absolute atomic E-state index is 0.123. The van der Waals surface area contributed by atoms with Gasteiger partial charge in [-0.15, -0.1) is 0 Å². The van der Waals surface area contributed by atoms with E-state index < -0.39 is 5.97 Å². The number of ether oxygens (including phenoxy) is 1. The number of rotatable bonds is 4. The minimum atomic E-state index is -0.776. The van der Waals surface area contributed by atoms with Crippen LogP contribution in [0.4, 0.5) is 0 Å². The Balaban J connectivity index is 1.74. The van der Waals surface area contributed by atoms with Gasteiger partial charge < -0.3 is 14.7 Å². The summed E-state index contributed by atoms with van der Waals surface area (Å²) < 4.78 is 5.30. The molecule has 1 unspecified atom stereocenters. The maximum Gasteiger partial charge on any atom is 0.308 e. The fraction of sp³-hybridized carbons (Fsp3) is 0.857. The SMILES string of the molecule is O=C(O)C1CCCN(C(=O)CCC2CCOCC2)C1. The second-order valence-electron chi connectivity index (χ2n) is 5.61. The fourth-order valence-corrected chi connectivity index (χ4v) is 2.93. The lowest BCUT2D eigenvalue weighted by Gasteiger charge is -2.31. The molecule has 0 aromatic carbocycles. The summed E-state index contributed by atoms with van der Waals surface area (Å²) in [4.78, 5) is 24.8. The van der Waals surface area contributed by atoms with E-state index in [4.69, 9.17) is 9.84 Å². The third kappa shape index (κ3) is 4.20. The van der Waals surface area contributed by atoms with Gasteiger partial charge in [0.15, 0.2) is 0 Å². The van der Waals surface area contributed by atoms with Crippen LogP contribution in [0.25, 0.3) is 0 Å². The highest BCUT2D eigenvalue weighted by Crippen LogP contribution is 2.22. The van der Waals surface area contributed by atoms with E-state index in [9.17, 15) is 9.59 Å². The molecule has 19 heavy (non-hydrogen) atoms. The number of carboxylic acids is 1. The topological polar surface area (TPSA) is 66.8 Å². The Labute approximate surface area is 113 Å². The van der Waals surface area contributed by atoms with Gasteiger partial charge in [0.1, 0.15) is 0 Å². The molecule has 0 aromatic heterocycles. The molecule has 2 aliphatic heterocycles. The molecule has 108 valence electrons. The second kappa shape index (κ2) is 6.89. The van der Waals surface area contributed by atoms with Crippen LogP contribution in [-0.2, 0) is 14.3 Å². The summed E-state index contributed by atoms with van der Waals surface area (Å²) in [6.07, 6.45) is 5.06. The monoisotopic (exact) mass is 269 g/mol. The van der Waals surface area contributed by atoms with Crippen LogP contribution in [0.2, 0.25) is 0 Å². The molecule has 0 spiro atoms. The quantitative estimate of drug-likeness (QED) is 0.840. The van der Waals surface area contributed by atoms with Gasteiger partial charge in [0.05, 0.1) is 5.92 Å². The van der Waals surface area contributed by atoms with Crippen LogP contribution in [-0.4, -0.2) is 48.2 Å². The lowest BCUT2D eigenvalue weighted by Crippen LogP contribution is -2.42. The first-order chi connectivity index (χ1) is 9.16. The van der Waals surface area contributed by atoms with Gasteiger partial charge in [-0.05, 0) is 38.0 Å². The van der Waals surface area contributed by atoms with Crippen LogP contribution in [0.15, 0.2) is 0 Å². The van der Waals surface area contributed by atoms with Gasteiger partial charge in [-0.3, -0.25) is 9.59 Å². The summed E-state index contributed by atoms with van der Waals surface area (Å²) in [5.74, 6) is -0.432. The first-order valence-electron chi connectivity index (χ1n) is 7.25. The molecule has 0 aliphatic carbocycles. The van der Waals surface area contributed by atoms with Gasteiger partial charge >= 0.3 is 5.97 Å². The summed E-state index contributed by atoms with van der Waals surface area (Å²) in [6, 6.07) is 0. The third-order valence-corrected chi connectivity index (χ3v) is 4.23. The number of aliphatic carboxylic acids is 1. The van der Waals surface area contributed by atoms with E-state index in [1.54, 1.807) is 4.90 Å². The Morgan fingerprint density at radius 2 is 1.95 bits per heavy atom. The molecule has 0 radical (unpaired) electrons. The first kappa shape index (κ1) is 14.3. The molecule has 2 heterocycles. The van der Waals surface area contributed by atoms with Crippen molar-refractivity contribution in [3.63, 3.8) is 0 Å². The number of hydrogen-bond donors (Lipinski definition) is 1. The molecule has 1 atom stereocenters. The second-order valence-corrected chi connectivity index (χ2v) is 5.61. The molecule has 0 saturated carbocycles. The molecule has 0 aromatic rings. The number of likely N-dealkylation sites (tertiary alicyclic amines) is 1. The Hall–Kier alpha value is -1.10. The van der Waals surface area contributed by atoms with Crippen molar-refractivity contribution in [2.75, 3.05) is 26.3 Å². The molecule has 5 heteroatoms. The largest absolute Gasteiger partial charge is 0.481 e. The average molecular weight is 269 g/mol. The lowest BCUT2D eigenvalue weighted by molar-refractivity contribution is -0.145. The maximum atomic E-state index is 12.1. The van der Waals surface area contributed by atoms with Crippen molar-refractivity contribution in [3.8, 4) is 0 Å². The molecule has 1 amide bonds. The third-order valence-electron chi connectivity index (χ3n) is 4.23. The van der Waals surface area contributed by atoms with Crippen LogP contribution in [0.1, 0.15) is 38.5 Å². The molecular formula is C14H23NO4. The summed E-state index contributed by atoms with van der Waals surface area (Å²) in [6.45, 7) is 2.73. The Morgan fingerprint density at radius 1 is 1.21 bits per heavy atom. The van der Waals surface area contributed by atoms with E-state index in [-0.39, 0.29) is 11.8 Å². The van der Waals surface area contributed by atoms with Crippen molar-refractivity contribution in [1.29, 1.82) is 0 Å². The smallest absolute Gasteiger partial charge is 0.308 e. The lowest BCUT2D eigenvalue weighted by atomic mass is 9.93. The minimum Gasteiger partial charge on any atom is -0.481 e. The number of carbonyl (C=O) groups excluding carboxylic acids is 1. The average Bonchev–Trinajstić information content (AvgIpc) is 2.46. The van der Waals surface area contributed by atoms with E-state index in [1.807, 2.05) is 0 Å². The van der Waals surface area contributed by atoms with Crippen molar-refractivity contribution in [2.45, 2.75) is 38.5 Å². The van der Waals surface area contributed by atoms with E-state index in [1.165, 1.54) is 0 Å². The first-order valence-corrected chi connectivity index (χ1v) is 7.25. The van der Waals surface area contributed by atoms with Crippen LogP contribution in [0.3, 0.4) is 0 Å². The van der Waals surface area contributed by atoms with Crippen molar-refractivity contribution in [1.82, 2.24) is 4.90 Å². The van der Waals surface area contributed by atoms with Gasteiger partial charge in [0.25, 0.3) is 0 Å². The molecule has 1 N–H and O–H groups in total. The van der Waals surface area contributed by atoms with Crippen molar-refractivity contribution < 1.29 is 19.4 Å². The zero-order valence-corrected chi connectivity index (χ0v) is 11.3.